The molecule has 4 fully saturated rings. The zero-order chi connectivity index (χ0) is 22.0. The maximum atomic E-state index is 13.7. The third kappa shape index (κ3) is 3.06. The van der Waals surface area contributed by atoms with Crippen LogP contribution < -0.4 is 10.6 Å². The second-order valence-corrected chi connectivity index (χ2v) is 10.6. The Morgan fingerprint density at radius 3 is 2.10 bits per heavy atom. The highest BCUT2D eigenvalue weighted by atomic mass is 16.5. The monoisotopic (exact) mass is 429 g/mol. The van der Waals surface area contributed by atoms with E-state index in [2.05, 4.69) is 10.6 Å². The zero-order valence-electron chi connectivity index (χ0n) is 18.9. The number of rotatable bonds is 5. The molecule has 5 aliphatic rings. The fraction of sp³-hybridized carbons (Fsp3) is 0.792. The SMILES string of the molecule is CC(C)N1C(=O)[C@H]2[C@@H](C(=O)NC3CCCC3)[C@@]3(C)C=C[C@@]2(O3)[C@H]1C(=O)NC1CCCC1. The van der Waals surface area contributed by atoms with Crippen molar-refractivity contribution in [1.29, 1.82) is 0 Å². The summed E-state index contributed by atoms with van der Waals surface area (Å²) in [6, 6.07) is -0.567. The van der Waals surface area contributed by atoms with Crippen LogP contribution in [0.25, 0.3) is 0 Å². The van der Waals surface area contributed by atoms with Gasteiger partial charge in [-0.15, -0.1) is 0 Å². The Bertz CT molecular complexity index is 814. The van der Waals surface area contributed by atoms with Crippen molar-refractivity contribution >= 4 is 17.7 Å². The molecule has 3 heterocycles. The molecular formula is C24H35N3O4. The molecule has 0 aromatic heterocycles. The quantitative estimate of drug-likeness (QED) is 0.655. The molecule has 2 N–H and O–H groups in total. The second-order valence-electron chi connectivity index (χ2n) is 10.6. The summed E-state index contributed by atoms with van der Waals surface area (Å²) in [5, 5.41) is 6.37. The van der Waals surface area contributed by atoms with E-state index in [1.54, 1.807) is 4.90 Å². The summed E-state index contributed by atoms with van der Waals surface area (Å²) in [7, 11) is 0. The van der Waals surface area contributed by atoms with Gasteiger partial charge in [-0.1, -0.05) is 37.8 Å². The van der Waals surface area contributed by atoms with E-state index in [4.69, 9.17) is 4.74 Å². The van der Waals surface area contributed by atoms with Gasteiger partial charge in [0.25, 0.3) is 0 Å². The minimum atomic E-state index is -1.07. The normalized spacial score (nSPS) is 39.7. The first-order chi connectivity index (χ1) is 14.8. The zero-order valence-corrected chi connectivity index (χ0v) is 18.9. The van der Waals surface area contributed by atoms with E-state index < -0.39 is 29.1 Å². The van der Waals surface area contributed by atoms with Gasteiger partial charge in [-0.25, -0.2) is 0 Å². The number of amides is 3. The summed E-state index contributed by atoms with van der Waals surface area (Å²) in [5.41, 5.74) is -1.94. The van der Waals surface area contributed by atoms with Crippen molar-refractivity contribution in [2.45, 2.75) is 108 Å². The fourth-order valence-corrected chi connectivity index (χ4v) is 6.84. The van der Waals surface area contributed by atoms with E-state index in [-0.39, 0.29) is 35.8 Å². The number of nitrogens with one attached hydrogen (secondary N) is 2. The van der Waals surface area contributed by atoms with Crippen LogP contribution in [0.15, 0.2) is 12.2 Å². The van der Waals surface area contributed by atoms with Crippen molar-refractivity contribution in [1.82, 2.24) is 15.5 Å². The molecule has 1 spiro atoms. The number of carbonyl (C=O) groups excluding carboxylic acids is 3. The molecular weight excluding hydrogens is 394 g/mol. The smallest absolute Gasteiger partial charge is 0.246 e. The Kier molecular flexibility index (Phi) is 4.96. The highest BCUT2D eigenvalue weighted by molar-refractivity contribution is 6.00. The summed E-state index contributed by atoms with van der Waals surface area (Å²) >= 11 is 0. The first kappa shape index (κ1) is 21.0. The molecule has 2 saturated carbocycles. The van der Waals surface area contributed by atoms with Crippen molar-refractivity contribution in [2.75, 3.05) is 0 Å². The highest BCUT2D eigenvalue weighted by Crippen LogP contribution is 2.60. The van der Waals surface area contributed by atoms with Crippen LogP contribution in [-0.2, 0) is 19.1 Å². The van der Waals surface area contributed by atoms with Gasteiger partial charge in [-0.2, -0.15) is 0 Å². The van der Waals surface area contributed by atoms with Crippen molar-refractivity contribution in [3.8, 4) is 0 Å². The number of hydrogen-bond acceptors (Lipinski definition) is 4. The molecule has 0 radical (unpaired) electrons. The van der Waals surface area contributed by atoms with Gasteiger partial charge >= 0.3 is 0 Å². The largest absolute Gasteiger partial charge is 0.356 e. The van der Waals surface area contributed by atoms with E-state index in [9.17, 15) is 14.4 Å². The molecule has 3 amide bonds. The van der Waals surface area contributed by atoms with Gasteiger partial charge in [0, 0.05) is 18.1 Å². The number of likely N-dealkylation sites (tertiary alicyclic amines) is 1. The van der Waals surface area contributed by atoms with Crippen LogP contribution in [0.4, 0.5) is 0 Å². The average Bonchev–Trinajstić information content (AvgIpc) is 3.49. The van der Waals surface area contributed by atoms with E-state index in [0.717, 1.165) is 51.4 Å². The number of nitrogens with zero attached hydrogens (tertiary/aromatic N) is 1. The van der Waals surface area contributed by atoms with Crippen molar-refractivity contribution in [3.05, 3.63) is 12.2 Å². The molecule has 7 nitrogen and oxygen atoms in total. The molecule has 3 aliphatic heterocycles. The standard InChI is InChI=1S/C24H35N3O4/c1-14(2)27-19(21(29)26-16-10-6-7-11-16)24-13-12-23(3,31-24)17(18(24)22(27)30)20(28)25-15-8-4-5-9-15/h12-19H,4-11H2,1-3H3,(H,25,28)(H,26,29)/t17-,18+,19+,23+,24-/m0/s1. The van der Waals surface area contributed by atoms with Crippen LogP contribution in [0.1, 0.15) is 72.1 Å². The number of fused-ring (bicyclic) bond motifs is 1. The van der Waals surface area contributed by atoms with E-state index in [0.29, 0.717) is 0 Å². The second kappa shape index (κ2) is 7.32. The Morgan fingerprint density at radius 2 is 1.55 bits per heavy atom. The predicted molar refractivity (Wildman–Crippen MR) is 115 cm³/mol. The molecule has 7 heteroatoms. The molecule has 170 valence electrons. The Balaban J connectivity index is 1.47. The van der Waals surface area contributed by atoms with Gasteiger partial charge in [0.15, 0.2) is 0 Å². The average molecular weight is 430 g/mol. The van der Waals surface area contributed by atoms with Crippen molar-refractivity contribution in [2.24, 2.45) is 11.8 Å². The number of carbonyl (C=O) groups is 3. The lowest BCUT2D eigenvalue weighted by molar-refractivity contribution is -0.147. The van der Waals surface area contributed by atoms with Crippen LogP contribution in [0, 0.1) is 11.8 Å². The Morgan fingerprint density at radius 1 is 1.00 bits per heavy atom. The highest BCUT2D eigenvalue weighted by Gasteiger charge is 2.76. The molecule has 5 rings (SSSR count). The third-order valence-corrected chi connectivity index (χ3v) is 8.22. The molecule has 2 aliphatic carbocycles. The van der Waals surface area contributed by atoms with Gasteiger partial charge in [-0.05, 0) is 46.5 Å². The van der Waals surface area contributed by atoms with E-state index in [1.807, 2.05) is 32.9 Å². The van der Waals surface area contributed by atoms with Crippen LogP contribution >= 0.6 is 0 Å². The molecule has 31 heavy (non-hydrogen) atoms. The summed E-state index contributed by atoms with van der Waals surface area (Å²) < 4.78 is 6.52. The van der Waals surface area contributed by atoms with Gasteiger partial charge in [0.1, 0.15) is 11.6 Å². The number of ether oxygens (including phenoxy) is 1. The van der Waals surface area contributed by atoms with E-state index >= 15 is 0 Å². The van der Waals surface area contributed by atoms with Gasteiger partial charge in [0.2, 0.25) is 17.7 Å². The first-order valence-corrected chi connectivity index (χ1v) is 12.1. The Hall–Kier alpha value is -1.89. The Labute approximate surface area is 184 Å². The summed E-state index contributed by atoms with van der Waals surface area (Å²) in [6.07, 6.45) is 12.2. The maximum absolute atomic E-state index is 13.7. The van der Waals surface area contributed by atoms with Crippen LogP contribution in [0.5, 0.6) is 0 Å². The lowest BCUT2D eigenvalue weighted by Crippen LogP contribution is -2.57. The van der Waals surface area contributed by atoms with Crippen molar-refractivity contribution in [3.63, 3.8) is 0 Å². The summed E-state index contributed by atoms with van der Waals surface area (Å²) in [4.78, 5) is 42.3. The van der Waals surface area contributed by atoms with Gasteiger partial charge < -0.3 is 20.3 Å². The van der Waals surface area contributed by atoms with Crippen LogP contribution in [0.2, 0.25) is 0 Å². The lowest BCUT2D eigenvalue weighted by Gasteiger charge is -2.35. The molecule has 2 saturated heterocycles. The minimum Gasteiger partial charge on any atom is -0.356 e. The minimum absolute atomic E-state index is 0.112. The summed E-state index contributed by atoms with van der Waals surface area (Å²) in [6.45, 7) is 5.74. The molecule has 2 bridgehead atoms. The predicted octanol–water partition coefficient (Wildman–Crippen LogP) is 2.05. The molecule has 0 aromatic rings. The van der Waals surface area contributed by atoms with Gasteiger partial charge in [-0.3, -0.25) is 14.4 Å². The number of hydrogen-bond donors (Lipinski definition) is 2. The third-order valence-electron chi connectivity index (χ3n) is 8.22. The fourth-order valence-electron chi connectivity index (χ4n) is 6.84. The first-order valence-electron chi connectivity index (χ1n) is 12.1. The van der Waals surface area contributed by atoms with Crippen molar-refractivity contribution < 1.29 is 19.1 Å². The molecule has 0 unspecified atom stereocenters. The van der Waals surface area contributed by atoms with E-state index in [1.165, 1.54) is 0 Å². The molecule has 0 aromatic carbocycles. The van der Waals surface area contributed by atoms with Gasteiger partial charge in [0.05, 0.1) is 17.4 Å². The topological polar surface area (TPSA) is 87.7 Å². The maximum Gasteiger partial charge on any atom is 0.246 e. The van der Waals surface area contributed by atoms with Crippen LogP contribution in [-0.4, -0.2) is 58.0 Å². The lowest BCUT2D eigenvalue weighted by atomic mass is 9.70. The van der Waals surface area contributed by atoms with Crippen LogP contribution in [0.3, 0.4) is 0 Å². The molecule has 5 atom stereocenters. The summed E-state index contributed by atoms with van der Waals surface area (Å²) in [5.74, 6) is -1.68.